The Hall–Kier alpha value is -2.12. The standard InChI is InChI=1S/C14H15F3N2O3/c1-8-10(2-3-11(18-8)14(15,16)17)12(20)19-6-4-9(5-7-19)13(21)22/h2-3,9H,4-7H2,1H3,(H,21,22). The lowest BCUT2D eigenvalue weighted by Crippen LogP contribution is -2.40. The average Bonchev–Trinajstić information content (AvgIpc) is 2.45. The van der Waals surface area contributed by atoms with Gasteiger partial charge in [0.1, 0.15) is 5.69 Å². The zero-order valence-corrected chi connectivity index (χ0v) is 11.9. The average molecular weight is 316 g/mol. The van der Waals surface area contributed by atoms with Crippen molar-refractivity contribution in [2.24, 2.45) is 5.92 Å². The lowest BCUT2D eigenvalue weighted by atomic mass is 9.96. The van der Waals surface area contributed by atoms with Crippen molar-refractivity contribution in [3.63, 3.8) is 0 Å². The number of aryl methyl sites for hydroxylation is 1. The zero-order valence-electron chi connectivity index (χ0n) is 11.9. The molecule has 0 saturated carbocycles. The van der Waals surface area contributed by atoms with E-state index in [0.717, 1.165) is 12.1 Å². The number of hydrogen-bond donors (Lipinski definition) is 1. The highest BCUT2D eigenvalue weighted by atomic mass is 19.4. The van der Waals surface area contributed by atoms with Crippen LogP contribution < -0.4 is 0 Å². The molecule has 2 heterocycles. The smallest absolute Gasteiger partial charge is 0.433 e. The quantitative estimate of drug-likeness (QED) is 0.909. The molecule has 1 amide bonds. The van der Waals surface area contributed by atoms with Crippen LogP contribution in [0.15, 0.2) is 12.1 Å². The van der Waals surface area contributed by atoms with Gasteiger partial charge < -0.3 is 10.0 Å². The minimum absolute atomic E-state index is 0.0141. The fourth-order valence-corrected chi connectivity index (χ4v) is 2.44. The van der Waals surface area contributed by atoms with Gasteiger partial charge in [-0.05, 0) is 31.9 Å². The predicted molar refractivity (Wildman–Crippen MR) is 70.2 cm³/mol. The number of carbonyl (C=O) groups excluding carboxylic acids is 1. The summed E-state index contributed by atoms with van der Waals surface area (Å²) in [5, 5.41) is 8.91. The summed E-state index contributed by atoms with van der Waals surface area (Å²) in [6, 6.07) is 1.90. The van der Waals surface area contributed by atoms with Crippen molar-refractivity contribution in [3.8, 4) is 0 Å². The molecule has 0 atom stereocenters. The van der Waals surface area contributed by atoms with E-state index in [1.165, 1.54) is 11.8 Å². The van der Waals surface area contributed by atoms with Crippen LogP contribution in [0.25, 0.3) is 0 Å². The van der Waals surface area contributed by atoms with Gasteiger partial charge in [-0.3, -0.25) is 9.59 Å². The van der Waals surface area contributed by atoms with Crippen LogP contribution in [0.1, 0.15) is 34.6 Å². The van der Waals surface area contributed by atoms with E-state index in [4.69, 9.17) is 5.11 Å². The lowest BCUT2D eigenvalue weighted by Gasteiger charge is -2.30. The van der Waals surface area contributed by atoms with Gasteiger partial charge in [0.15, 0.2) is 0 Å². The van der Waals surface area contributed by atoms with Crippen molar-refractivity contribution >= 4 is 11.9 Å². The van der Waals surface area contributed by atoms with Crippen molar-refractivity contribution in [2.45, 2.75) is 25.9 Å². The molecule has 0 bridgehead atoms. The van der Waals surface area contributed by atoms with E-state index in [1.807, 2.05) is 0 Å². The Morgan fingerprint density at radius 1 is 1.27 bits per heavy atom. The highest BCUT2D eigenvalue weighted by molar-refractivity contribution is 5.95. The van der Waals surface area contributed by atoms with Gasteiger partial charge in [-0.2, -0.15) is 13.2 Å². The highest BCUT2D eigenvalue weighted by Gasteiger charge is 2.34. The Balaban J connectivity index is 2.12. The van der Waals surface area contributed by atoms with Gasteiger partial charge in [0.25, 0.3) is 5.91 Å². The number of carboxylic acid groups (broad SMARTS) is 1. The Kier molecular flexibility index (Phi) is 4.39. The summed E-state index contributed by atoms with van der Waals surface area (Å²) in [5.41, 5.74) is -0.909. The maximum atomic E-state index is 12.6. The number of halogens is 3. The van der Waals surface area contributed by atoms with Crippen LogP contribution in [0.5, 0.6) is 0 Å². The molecule has 2 rings (SSSR count). The molecule has 1 aliphatic rings. The van der Waals surface area contributed by atoms with E-state index in [-0.39, 0.29) is 24.3 Å². The van der Waals surface area contributed by atoms with Crippen LogP contribution in [-0.2, 0) is 11.0 Å². The summed E-state index contributed by atoms with van der Waals surface area (Å²) < 4.78 is 37.7. The van der Waals surface area contributed by atoms with Gasteiger partial charge in [0.05, 0.1) is 17.2 Å². The monoisotopic (exact) mass is 316 g/mol. The van der Waals surface area contributed by atoms with E-state index in [9.17, 15) is 22.8 Å². The summed E-state index contributed by atoms with van der Waals surface area (Å²) in [6.07, 6.45) is -3.87. The molecular weight excluding hydrogens is 301 g/mol. The first-order chi connectivity index (χ1) is 10.2. The molecule has 0 spiro atoms. The van der Waals surface area contributed by atoms with E-state index in [1.54, 1.807) is 0 Å². The Morgan fingerprint density at radius 3 is 2.32 bits per heavy atom. The first-order valence-corrected chi connectivity index (χ1v) is 6.77. The molecule has 0 aliphatic carbocycles. The molecule has 120 valence electrons. The molecule has 1 aromatic rings. The summed E-state index contributed by atoms with van der Waals surface area (Å²) in [4.78, 5) is 28.1. The Bertz CT molecular complexity index is 593. The molecule has 1 aliphatic heterocycles. The van der Waals surface area contributed by atoms with Gasteiger partial charge in [-0.1, -0.05) is 0 Å². The third-order valence-corrected chi connectivity index (χ3v) is 3.74. The summed E-state index contributed by atoms with van der Waals surface area (Å²) >= 11 is 0. The molecule has 8 heteroatoms. The number of nitrogens with zero attached hydrogens (tertiary/aromatic N) is 2. The SMILES string of the molecule is Cc1nc(C(F)(F)F)ccc1C(=O)N1CCC(C(=O)O)CC1. The number of hydrogen-bond acceptors (Lipinski definition) is 3. The van der Waals surface area contributed by atoms with Crippen LogP contribution in [-0.4, -0.2) is 40.0 Å². The van der Waals surface area contributed by atoms with Crippen LogP contribution in [0.4, 0.5) is 13.2 Å². The molecule has 1 saturated heterocycles. The normalized spacial score (nSPS) is 16.6. The molecule has 0 unspecified atom stereocenters. The number of pyridine rings is 1. The topological polar surface area (TPSA) is 70.5 Å². The fourth-order valence-electron chi connectivity index (χ4n) is 2.44. The number of amides is 1. The Morgan fingerprint density at radius 2 is 1.86 bits per heavy atom. The Labute approximate surface area is 124 Å². The van der Waals surface area contributed by atoms with Crippen LogP contribution >= 0.6 is 0 Å². The largest absolute Gasteiger partial charge is 0.481 e. The summed E-state index contributed by atoms with van der Waals surface area (Å²) in [6.45, 7) is 1.90. The van der Waals surface area contributed by atoms with Crippen LogP contribution in [0, 0.1) is 12.8 Å². The van der Waals surface area contributed by atoms with E-state index in [0.29, 0.717) is 12.8 Å². The summed E-state index contributed by atoms with van der Waals surface area (Å²) in [7, 11) is 0. The molecular formula is C14H15F3N2O3. The van der Waals surface area contributed by atoms with Crippen molar-refractivity contribution in [1.29, 1.82) is 0 Å². The van der Waals surface area contributed by atoms with E-state index in [2.05, 4.69) is 4.98 Å². The van der Waals surface area contributed by atoms with E-state index < -0.39 is 29.7 Å². The molecule has 1 fully saturated rings. The second kappa shape index (κ2) is 5.94. The molecule has 0 radical (unpaired) electrons. The number of rotatable bonds is 2. The molecule has 1 N–H and O–H groups in total. The maximum Gasteiger partial charge on any atom is 0.433 e. The van der Waals surface area contributed by atoms with Crippen LogP contribution in [0.2, 0.25) is 0 Å². The number of likely N-dealkylation sites (tertiary alicyclic amines) is 1. The number of alkyl halides is 3. The fraction of sp³-hybridized carbons (Fsp3) is 0.500. The van der Waals surface area contributed by atoms with Crippen molar-refractivity contribution in [1.82, 2.24) is 9.88 Å². The minimum atomic E-state index is -4.55. The summed E-state index contributed by atoms with van der Waals surface area (Å²) in [5.74, 6) is -1.78. The van der Waals surface area contributed by atoms with E-state index >= 15 is 0 Å². The number of aromatic nitrogens is 1. The number of piperidine rings is 1. The highest BCUT2D eigenvalue weighted by Crippen LogP contribution is 2.28. The van der Waals surface area contributed by atoms with Gasteiger partial charge in [-0.15, -0.1) is 0 Å². The zero-order chi connectivity index (χ0) is 16.5. The number of carbonyl (C=O) groups is 2. The third-order valence-electron chi connectivity index (χ3n) is 3.74. The molecule has 22 heavy (non-hydrogen) atoms. The lowest BCUT2D eigenvalue weighted by molar-refractivity contribution is -0.143. The predicted octanol–water partition coefficient (Wildman–Crippen LogP) is 2.35. The van der Waals surface area contributed by atoms with Gasteiger partial charge >= 0.3 is 12.1 Å². The van der Waals surface area contributed by atoms with Crippen LogP contribution in [0.3, 0.4) is 0 Å². The first-order valence-electron chi connectivity index (χ1n) is 6.77. The van der Waals surface area contributed by atoms with Gasteiger partial charge in [-0.25, -0.2) is 4.98 Å². The second-order valence-corrected chi connectivity index (χ2v) is 5.23. The van der Waals surface area contributed by atoms with Gasteiger partial charge in [0.2, 0.25) is 0 Å². The number of carboxylic acids is 1. The second-order valence-electron chi connectivity index (χ2n) is 5.23. The van der Waals surface area contributed by atoms with Crippen molar-refractivity contribution in [2.75, 3.05) is 13.1 Å². The minimum Gasteiger partial charge on any atom is -0.481 e. The first kappa shape index (κ1) is 16.3. The van der Waals surface area contributed by atoms with Crippen molar-refractivity contribution < 1.29 is 27.9 Å². The molecule has 5 nitrogen and oxygen atoms in total. The van der Waals surface area contributed by atoms with Gasteiger partial charge in [0, 0.05) is 13.1 Å². The third kappa shape index (κ3) is 3.37. The number of aliphatic carboxylic acids is 1. The van der Waals surface area contributed by atoms with Crippen molar-refractivity contribution in [3.05, 3.63) is 29.1 Å². The maximum absolute atomic E-state index is 12.6. The molecule has 0 aromatic carbocycles. The molecule has 1 aromatic heterocycles.